The van der Waals surface area contributed by atoms with E-state index in [1.807, 2.05) is 31.2 Å². The lowest BCUT2D eigenvalue weighted by atomic mass is 9.69. The number of carbonyl (C=O) groups excluding carboxylic acids is 2. The number of Topliss-reactive ketones (excluding diaryl/α,β-unsaturated/α-hetero) is 1. The predicted octanol–water partition coefficient (Wildman–Crippen LogP) is 5.74. The fourth-order valence-electron chi connectivity index (χ4n) is 5.98. The summed E-state index contributed by atoms with van der Waals surface area (Å²) in [7, 11) is 0. The second-order valence-corrected chi connectivity index (χ2v) is 11.6. The second kappa shape index (κ2) is 8.51. The summed E-state index contributed by atoms with van der Waals surface area (Å²) in [4.78, 5) is 41.2. The Morgan fingerprint density at radius 1 is 1.14 bits per heavy atom. The maximum Gasteiger partial charge on any atom is 0.411 e. The van der Waals surface area contributed by atoms with Crippen LogP contribution in [0.15, 0.2) is 30.3 Å². The van der Waals surface area contributed by atoms with Crippen molar-refractivity contribution in [2.45, 2.75) is 64.7 Å². The average molecular weight is 512 g/mol. The Hall–Kier alpha value is -3.06. The van der Waals surface area contributed by atoms with Crippen LogP contribution in [0.4, 0.5) is 4.79 Å². The Balaban J connectivity index is 1.54. The molecule has 1 unspecified atom stereocenters. The maximum absolute atomic E-state index is 13.9. The van der Waals surface area contributed by atoms with Gasteiger partial charge in [-0.05, 0) is 86.9 Å². The zero-order chi connectivity index (χ0) is 26.0. The lowest BCUT2D eigenvalue weighted by Crippen LogP contribution is -2.61. The van der Waals surface area contributed by atoms with Gasteiger partial charge in [-0.3, -0.25) is 9.69 Å². The van der Waals surface area contributed by atoms with Crippen molar-refractivity contribution in [2.75, 3.05) is 6.54 Å². The molecule has 1 fully saturated rings. The van der Waals surface area contributed by atoms with Gasteiger partial charge in [0.25, 0.3) is 0 Å². The van der Waals surface area contributed by atoms with Gasteiger partial charge in [-0.1, -0.05) is 24.6 Å². The number of fused-ring (bicyclic) bond motifs is 4. The third-order valence-electron chi connectivity index (χ3n) is 7.43. The molecule has 3 aliphatic rings. The molecule has 0 spiro atoms. The first-order valence-corrected chi connectivity index (χ1v) is 12.7. The van der Waals surface area contributed by atoms with Crippen LogP contribution in [0.5, 0.6) is 5.75 Å². The molecule has 2 aromatic rings. The van der Waals surface area contributed by atoms with Gasteiger partial charge >= 0.3 is 12.1 Å². The Morgan fingerprint density at radius 2 is 1.89 bits per heavy atom. The fourth-order valence-corrected chi connectivity index (χ4v) is 6.18. The zero-order valence-corrected chi connectivity index (χ0v) is 21.6. The van der Waals surface area contributed by atoms with Crippen LogP contribution in [0.1, 0.15) is 62.0 Å². The highest BCUT2D eigenvalue weighted by molar-refractivity contribution is 6.30. The third-order valence-corrected chi connectivity index (χ3v) is 7.66. The minimum atomic E-state index is -1.66. The molecule has 0 saturated carbocycles. The molecule has 2 aromatic carbocycles. The topological polar surface area (TPSA) is 93.1 Å². The van der Waals surface area contributed by atoms with Gasteiger partial charge in [-0.25, -0.2) is 9.59 Å². The summed E-state index contributed by atoms with van der Waals surface area (Å²) in [5.41, 5.74) is 1.77. The molecule has 3 atom stereocenters. The first kappa shape index (κ1) is 24.6. The van der Waals surface area contributed by atoms with Gasteiger partial charge < -0.3 is 14.6 Å². The van der Waals surface area contributed by atoms with E-state index in [1.54, 1.807) is 26.8 Å². The number of aryl methyl sites for hydroxylation is 1. The molecule has 190 valence electrons. The molecule has 7 nitrogen and oxygen atoms in total. The van der Waals surface area contributed by atoms with Gasteiger partial charge in [0.1, 0.15) is 18.0 Å². The highest BCUT2D eigenvalue weighted by Crippen LogP contribution is 2.48. The van der Waals surface area contributed by atoms with Crippen LogP contribution in [-0.2, 0) is 22.6 Å². The second-order valence-electron chi connectivity index (χ2n) is 11.2. The molecular formula is C28H30ClNO6. The van der Waals surface area contributed by atoms with Gasteiger partial charge in [-0.2, -0.15) is 0 Å². The van der Waals surface area contributed by atoms with E-state index >= 15 is 0 Å². The minimum absolute atomic E-state index is 0.0852. The number of benzene rings is 2. The van der Waals surface area contributed by atoms with E-state index in [1.165, 1.54) is 4.90 Å². The van der Waals surface area contributed by atoms with Crippen LogP contribution >= 0.6 is 11.6 Å². The SMILES string of the molecule is C[C@@H]1CN(C(=O)OC(C)(C)C)[C@](C(=O)O)(C2CCc3cc4c(cc3C2=O)OCc2cc(Cl)ccc2-4)C1. The number of halogens is 1. The number of ketones is 1. The van der Waals surface area contributed by atoms with Gasteiger partial charge in [0.05, 0.1) is 5.92 Å². The number of nitrogens with zero attached hydrogens (tertiary/aromatic N) is 1. The van der Waals surface area contributed by atoms with Crippen molar-refractivity contribution in [1.29, 1.82) is 0 Å². The van der Waals surface area contributed by atoms with E-state index in [-0.39, 0.29) is 24.7 Å². The van der Waals surface area contributed by atoms with Crippen LogP contribution < -0.4 is 4.74 Å². The Bertz CT molecular complexity index is 1280. The Labute approximate surface area is 215 Å². The summed E-state index contributed by atoms with van der Waals surface area (Å²) in [6.07, 6.45) is 0.352. The summed E-state index contributed by atoms with van der Waals surface area (Å²) in [6, 6.07) is 9.38. The number of ether oxygens (including phenoxy) is 2. The number of hydrogen-bond acceptors (Lipinski definition) is 5. The number of carboxylic acids is 1. The van der Waals surface area contributed by atoms with Crippen LogP contribution in [0.2, 0.25) is 5.02 Å². The number of carbonyl (C=O) groups is 3. The number of rotatable bonds is 2. The predicted molar refractivity (Wildman–Crippen MR) is 134 cm³/mol. The van der Waals surface area contributed by atoms with E-state index < -0.39 is 29.1 Å². The van der Waals surface area contributed by atoms with E-state index in [0.717, 1.165) is 22.3 Å². The number of aliphatic carboxylic acids is 1. The molecule has 1 aliphatic carbocycles. The average Bonchev–Trinajstić information content (AvgIpc) is 3.15. The molecule has 36 heavy (non-hydrogen) atoms. The number of carboxylic acid groups (broad SMARTS) is 1. The molecule has 0 aromatic heterocycles. The standard InChI is InChI=1S/C28H30ClNO6/c1-15-12-28(25(32)33,30(13-15)26(34)36-27(2,3)4)22-8-5-16-10-21-19-7-6-18(29)9-17(19)14-35-23(21)11-20(16)24(22)31/h6-7,9-11,15,22H,5,8,12-14H2,1-4H3,(H,32,33)/t15-,22?,28-/m0/s1. The summed E-state index contributed by atoms with van der Waals surface area (Å²) in [5.74, 6) is -1.81. The molecule has 5 rings (SSSR count). The molecule has 1 N–H and O–H groups in total. The van der Waals surface area contributed by atoms with Crippen LogP contribution in [-0.4, -0.2) is 45.5 Å². The van der Waals surface area contributed by atoms with Gasteiger partial charge in [0, 0.05) is 22.7 Å². The maximum atomic E-state index is 13.9. The normalized spacial score (nSPS) is 24.9. The lowest BCUT2D eigenvalue weighted by molar-refractivity contribution is -0.152. The molecule has 0 radical (unpaired) electrons. The van der Waals surface area contributed by atoms with Gasteiger partial charge in [0.2, 0.25) is 0 Å². The smallest absolute Gasteiger partial charge is 0.411 e. The molecule has 1 amide bonds. The molecular weight excluding hydrogens is 482 g/mol. The van der Waals surface area contributed by atoms with Crippen LogP contribution in [0.3, 0.4) is 0 Å². The highest BCUT2D eigenvalue weighted by Gasteiger charge is 2.61. The van der Waals surface area contributed by atoms with Crippen molar-refractivity contribution in [1.82, 2.24) is 4.90 Å². The first-order chi connectivity index (χ1) is 16.9. The molecule has 8 heteroatoms. The van der Waals surface area contributed by atoms with Crippen molar-refractivity contribution in [3.63, 3.8) is 0 Å². The summed E-state index contributed by atoms with van der Waals surface area (Å²) >= 11 is 6.15. The van der Waals surface area contributed by atoms with Crippen molar-refractivity contribution < 1.29 is 29.0 Å². The van der Waals surface area contributed by atoms with E-state index in [0.29, 0.717) is 35.8 Å². The first-order valence-electron chi connectivity index (χ1n) is 12.3. The Morgan fingerprint density at radius 3 is 2.58 bits per heavy atom. The quantitative estimate of drug-likeness (QED) is 0.552. The molecule has 2 aliphatic heterocycles. The number of hydrogen-bond donors (Lipinski definition) is 1. The Kier molecular flexibility index (Phi) is 5.82. The summed E-state index contributed by atoms with van der Waals surface area (Å²) < 4.78 is 11.5. The zero-order valence-electron chi connectivity index (χ0n) is 20.9. The molecule has 2 heterocycles. The van der Waals surface area contributed by atoms with Crippen LogP contribution in [0.25, 0.3) is 11.1 Å². The van der Waals surface area contributed by atoms with Crippen molar-refractivity contribution in [3.8, 4) is 16.9 Å². The van der Waals surface area contributed by atoms with Crippen molar-refractivity contribution in [2.24, 2.45) is 11.8 Å². The third kappa shape index (κ3) is 3.94. The summed E-state index contributed by atoms with van der Waals surface area (Å²) in [5, 5.41) is 11.1. The molecule has 1 saturated heterocycles. The van der Waals surface area contributed by atoms with Crippen molar-refractivity contribution >= 4 is 29.4 Å². The van der Waals surface area contributed by atoms with E-state index in [9.17, 15) is 19.5 Å². The van der Waals surface area contributed by atoms with E-state index in [2.05, 4.69) is 0 Å². The van der Waals surface area contributed by atoms with Gasteiger partial charge in [0.15, 0.2) is 11.3 Å². The lowest BCUT2D eigenvalue weighted by Gasteiger charge is -2.42. The minimum Gasteiger partial charge on any atom is -0.488 e. The fraction of sp³-hybridized carbons (Fsp3) is 0.464. The summed E-state index contributed by atoms with van der Waals surface area (Å²) in [6.45, 7) is 7.68. The number of likely N-dealkylation sites (tertiary alicyclic amines) is 1. The monoisotopic (exact) mass is 511 g/mol. The van der Waals surface area contributed by atoms with Gasteiger partial charge in [-0.15, -0.1) is 0 Å². The van der Waals surface area contributed by atoms with E-state index in [4.69, 9.17) is 21.1 Å². The largest absolute Gasteiger partial charge is 0.488 e. The van der Waals surface area contributed by atoms with Crippen LogP contribution in [0, 0.1) is 11.8 Å². The molecule has 0 bridgehead atoms. The number of amides is 1. The highest BCUT2D eigenvalue weighted by atomic mass is 35.5. The van der Waals surface area contributed by atoms with Crippen molar-refractivity contribution in [3.05, 3.63) is 52.0 Å².